The number of nitrogens with zero attached hydrogens (tertiary/aromatic N) is 1. The lowest BCUT2D eigenvalue weighted by Crippen LogP contribution is -2.24. The van der Waals surface area contributed by atoms with Crippen molar-refractivity contribution in [2.24, 2.45) is 0 Å². The van der Waals surface area contributed by atoms with E-state index in [9.17, 15) is 0 Å². The van der Waals surface area contributed by atoms with Gasteiger partial charge in [-0.05, 0) is 18.6 Å². The predicted octanol–water partition coefficient (Wildman–Crippen LogP) is 2.68. The number of aromatic nitrogens is 1. The molecule has 16 heavy (non-hydrogen) atoms. The summed E-state index contributed by atoms with van der Waals surface area (Å²) in [4.78, 5) is 4.50. The van der Waals surface area contributed by atoms with E-state index in [1.165, 1.54) is 5.56 Å². The molecule has 1 N–H and O–H groups in total. The van der Waals surface area contributed by atoms with E-state index in [0.29, 0.717) is 6.04 Å². The molecular weight excluding hydrogens is 200 g/mol. The van der Waals surface area contributed by atoms with E-state index in [1.54, 1.807) is 0 Å². The summed E-state index contributed by atoms with van der Waals surface area (Å²) in [7, 11) is 0. The van der Waals surface area contributed by atoms with Crippen molar-refractivity contribution in [3.63, 3.8) is 0 Å². The third kappa shape index (κ3) is 2.42. The first-order valence-corrected chi connectivity index (χ1v) is 5.75. The van der Waals surface area contributed by atoms with Crippen LogP contribution in [0.3, 0.4) is 0 Å². The van der Waals surface area contributed by atoms with Gasteiger partial charge in [-0.3, -0.25) is 0 Å². The first-order chi connectivity index (χ1) is 7.66. The van der Waals surface area contributed by atoms with E-state index >= 15 is 0 Å². The third-order valence-corrected chi connectivity index (χ3v) is 2.56. The summed E-state index contributed by atoms with van der Waals surface area (Å²) in [5.74, 6) is 0.817. The smallest absolute Gasteiger partial charge is 0.196 e. The highest BCUT2D eigenvalue weighted by Crippen LogP contribution is 2.18. The molecule has 2 rings (SSSR count). The van der Waals surface area contributed by atoms with Crippen molar-refractivity contribution in [2.45, 2.75) is 33.2 Å². The zero-order valence-corrected chi connectivity index (χ0v) is 10.1. The fraction of sp³-hybridized carbons (Fsp3) is 0.462. The van der Waals surface area contributed by atoms with Crippen molar-refractivity contribution >= 4 is 11.1 Å². The molecule has 0 fully saturated rings. The number of oxazole rings is 1. The highest BCUT2D eigenvalue weighted by Gasteiger charge is 2.06. The molecule has 2 aromatic rings. The van der Waals surface area contributed by atoms with E-state index in [0.717, 1.165) is 30.0 Å². The van der Waals surface area contributed by atoms with Gasteiger partial charge >= 0.3 is 0 Å². The summed E-state index contributed by atoms with van der Waals surface area (Å²) < 4.78 is 5.68. The number of hydrogen-bond donors (Lipinski definition) is 1. The first-order valence-electron chi connectivity index (χ1n) is 5.75. The van der Waals surface area contributed by atoms with Crippen LogP contribution < -0.4 is 5.32 Å². The molecule has 0 bridgehead atoms. The Kier molecular flexibility index (Phi) is 3.25. The average Bonchev–Trinajstić information content (AvgIpc) is 2.61. The van der Waals surface area contributed by atoms with E-state index in [1.807, 2.05) is 12.1 Å². The van der Waals surface area contributed by atoms with Gasteiger partial charge in [0.25, 0.3) is 0 Å². The van der Waals surface area contributed by atoms with Crippen molar-refractivity contribution < 1.29 is 4.42 Å². The number of fused-ring (bicyclic) bond motifs is 1. The Labute approximate surface area is 95.9 Å². The normalized spacial score (nSPS) is 11.5. The summed E-state index contributed by atoms with van der Waals surface area (Å²) in [6, 6.07) is 6.53. The minimum Gasteiger partial charge on any atom is -0.441 e. The first kappa shape index (κ1) is 11.1. The van der Waals surface area contributed by atoms with Crippen LogP contribution in [0.2, 0.25) is 0 Å². The molecule has 1 heterocycles. The van der Waals surface area contributed by atoms with Gasteiger partial charge < -0.3 is 9.73 Å². The standard InChI is InChI=1S/C13H18N2O/c1-9(2)14-8-7-12-15-13-10(3)5-4-6-11(13)16-12/h4-6,9,14H,7-8H2,1-3H3. The topological polar surface area (TPSA) is 38.1 Å². The Morgan fingerprint density at radius 1 is 1.38 bits per heavy atom. The van der Waals surface area contributed by atoms with Gasteiger partial charge in [0.1, 0.15) is 5.52 Å². The van der Waals surface area contributed by atoms with Crippen LogP contribution in [0, 0.1) is 6.92 Å². The van der Waals surface area contributed by atoms with Crippen molar-refractivity contribution in [2.75, 3.05) is 6.54 Å². The van der Waals surface area contributed by atoms with Gasteiger partial charge in [-0.1, -0.05) is 26.0 Å². The van der Waals surface area contributed by atoms with E-state index in [4.69, 9.17) is 4.42 Å². The number of para-hydroxylation sites is 1. The van der Waals surface area contributed by atoms with E-state index in [2.05, 4.69) is 37.1 Å². The van der Waals surface area contributed by atoms with Crippen LogP contribution in [-0.4, -0.2) is 17.6 Å². The highest BCUT2D eigenvalue weighted by atomic mass is 16.3. The fourth-order valence-corrected chi connectivity index (χ4v) is 1.71. The van der Waals surface area contributed by atoms with Crippen LogP contribution >= 0.6 is 0 Å². The van der Waals surface area contributed by atoms with Crippen LogP contribution in [0.5, 0.6) is 0 Å². The van der Waals surface area contributed by atoms with Crippen molar-refractivity contribution in [3.05, 3.63) is 29.7 Å². The van der Waals surface area contributed by atoms with Crippen LogP contribution in [0.1, 0.15) is 25.3 Å². The molecule has 86 valence electrons. The summed E-state index contributed by atoms with van der Waals surface area (Å²) in [6.07, 6.45) is 0.840. The zero-order chi connectivity index (χ0) is 11.5. The van der Waals surface area contributed by atoms with Crippen LogP contribution in [0.15, 0.2) is 22.6 Å². The Hall–Kier alpha value is -1.35. The molecule has 0 spiro atoms. The minimum atomic E-state index is 0.506. The molecule has 0 aliphatic heterocycles. The largest absolute Gasteiger partial charge is 0.441 e. The molecule has 0 radical (unpaired) electrons. The van der Waals surface area contributed by atoms with Gasteiger partial charge in [0.2, 0.25) is 0 Å². The maximum atomic E-state index is 5.68. The second-order valence-electron chi connectivity index (χ2n) is 4.39. The highest BCUT2D eigenvalue weighted by molar-refractivity contribution is 5.76. The Morgan fingerprint density at radius 2 is 2.19 bits per heavy atom. The molecule has 0 unspecified atom stereocenters. The number of rotatable bonds is 4. The Bertz CT molecular complexity index is 474. The Balaban J connectivity index is 2.11. The van der Waals surface area contributed by atoms with Crippen molar-refractivity contribution in [1.82, 2.24) is 10.3 Å². The second-order valence-corrected chi connectivity index (χ2v) is 4.39. The summed E-state index contributed by atoms with van der Waals surface area (Å²) in [5, 5.41) is 3.35. The number of aryl methyl sites for hydroxylation is 1. The lowest BCUT2D eigenvalue weighted by Gasteiger charge is -2.04. The van der Waals surface area contributed by atoms with Crippen molar-refractivity contribution in [1.29, 1.82) is 0 Å². The van der Waals surface area contributed by atoms with E-state index < -0.39 is 0 Å². The summed E-state index contributed by atoms with van der Waals surface area (Å²) >= 11 is 0. The average molecular weight is 218 g/mol. The van der Waals surface area contributed by atoms with Gasteiger partial charge in [-0.25, -0.2) is 4.98 Å². The SMILES string of the molecule is Cc1cccc2oc(CCNC(C)C)nc12. The molecule has 1 aromatic heterocycles. The van der Waals surface area contributed by atoms with Gasteiger partial charge in [0.05, 0.1) is 0 Å². The minimum absolute atomic E-state index is 0.506. The molecule has 3 heteroatoms. The molecular formula is C13H18N2O. The van der Waals surface area contributed by atoms with Crippen molar-refractivity contribution in [3.8, 4) is 0 Å². The van der Waals surface area contributed by atoms with Gasteiger partial charge in [-0.2, -0.15) is 0 Å². The predicted molar refractivity (Wildman–Crippen MR) is 65.6 cm³/mol. The number of benzene rings is 1. The molecule has 0 atom stereocenters. The lowest BCUT2D eigenvalue weighted by atomic mass is 10.2. The fourth-order valence-electron chi connectivity index (χ4n) is 1.71. The van der Waals surface area contributed by atoms with Crippen LogP contribution in [0.25, 0.3) is 11.1 Å². The molecule has 0 aliphatic rings. The van der Waals surface area contributed by atoms with E-state index in [-0.39, 0.29) is 0 Å². The quantitative estimate of drug-likeness (QED) is 0.857. The third-order valence-electron chi connectivity index (χ3n) is 2.56. The second kappa shape index (κ2) is 4.66. The summed E-state index contributed by atoms with van der Waals surface area (Å²) in [5.41, 5.74) is 3.05. The molecule has 3 nitrogen and oxygen atoms in total. The lowest BCUT2D eigenvalue weighted by molar-refractivity contribution is 0.501. The van der Waals surface area contributed by atoms with Gasteiger partial charge in [0, 0.05) is 19.0 Å². The van der Waals surface area contributed by atoms with Crippen LogP contribution in [0.4, 0.5) is 0 Å². The molecule has 0 saturated carbocycles. The maximum Gasteiger partial charge on any atom is 0.196 e. The number of hydrogen-bond acceptors (Lipinski definition) is 3. The number of nitrogens with one attached hydrogen (secondary N) is 1. The van der Waals surface area contributed by atoms with Crippen LogP contribution in [-0.2, 0) is 6.42 Å². The Morgan fingerprint density at radius 3 is 2.88 bits per heavy atom. The molecule has 0 aliphatic carbocycles. The molecule has 1 aromatic carbocycles. The molecule has 0 saturated heterocycles. The van der Waals surface area contributed by atoms with Gasteiger partial charge in [0.15, 0.2) is 11.5 Å². The zero-order valence-electron chi connectivity index (χ0n) is 10.1. The van der Waals surface area contributed by atoms with Gasteiger partial charge in [-0.15, -0.1) is 0 Å². The maximum absolute atomic E-state index is 5.68. The molecule has 0 amide bonds. The summed E-state index contributed by atoms with van der Waals surface area (Å²) in [6.45, 7) is 7.23. The monoisotopic (exact) mass is 218 g/mol.